The summed E-state index contributed by atoms with van der Waals surface area (Å²) in [5, 5.41) is 20.9. The molecule has 31 heavy (non-hydrogen) atoms. The molecule has 0 saturated carbocycles. The van der Waals surface area contributed by atoms with E-state index in [9.17, 15) is 14.7 Å². The molecule has 2 aromatic heterocycles. The minimum atomic E-state index is -1.17. The lowest BCUT2D eigenvalue weighted by Gasteiger charge is -2.26. The van der Waals surface area contributed by atoms with Crippen molar-refractivity contribution in [3.8, 4) is 0 Å². The number of carbonyl (C=O) groups excluding carboxylic acids is 1. The van der Waals surface area contributed by atoms with Crippen LogP contribution in [0.2, 0.25) is 0 Å². The van der Waals surface area contributed by atoms with Crippen LogP contribution in [-0.2, 0) is 16.1 Å². The van der Waals surface area contributed by atoms with Crippen LogP contribution in [0.25, 0.3) is 11.0 Å². The lowest BCUT2D eigenvalue weighted by Crippen LogP contribution is -2.35. The number of nitrogens with zero attached hydrogens (tertiary/aromatic N) is 3. The number of fused-ring (bicyclic) bond motifs is 1. The van der Waals surface area contributed by atoms with Gasteiger partial charge in [-0.1, -0.05) is 30.3 Å². The van der Waals surface area contributed by atoms with Crippen molar-refractivity contribution in [2.45, 2.75) is 38.4 Å². The fraction of sp³-hybridized carbons (Fsp3) is 0.364. The Morgan fingerprint density at radius 3 is 2.65 bits per heavy atom. The Morgan fingerprint density at radius 2 is 1.97 bits per heavy atom. The highest BCUT2D eigenvalue weighted by molar-refractivity contribution is 6.07. The van der Waals surface area contributed by atoms with Gasteiger partial charge in [-0.15, -0.1) is 0 Å². The number of hydrogen-bond acceptors (Lipinski definition) is 6. The number of amides is 1. The Kier molecular flexibility index (Phi) is 6.13. The van der Waals surface area contributed by atoms with Crippen molar-refractivity contribution < 1.29 is 19.4 Å². The maximum Gasteiger partial charge on any atom is 0.330 e. The molecule has 1 saturated heterocycles. The van der Waals surface area contributed by atoms with Crippen molar-refractivity contribution in [1.29, 1.82) is 0 Å². The average molecular weight is 423 g/mol. The van der Waals surface area contributed by atoms with E-state index in [0.29, 0.717) is 36.7 Å². The van der Waals surface area contributed by atoms with Gasteiger partial charge in [-0.25, -0.2) is 14.5 Å². The fourth-order valence-corrected chi connectivity index (χ4v) is 3.77. The minimum absolute atomic E-state index is 0.139. The van der Waals surface area contributed by atoms with Gasteiger partial charge in [-0.05, 0) is 25.3 Å². The number of ether oxygens (including phenoxy) is 1. The molecule has 0 radical (unpaired) electrons. The van der Waals surface area contributed by atoms with Crippen molar-refractivity contribution in [3.63, 3.8) is 0 Å². The monoisotopic (exact) mass is 423 g/mol. The Balaban J connectivity index is 1.70. The molecule has 1 aromatic carbocycles. The number of aliphatic carboxylic acids is 1. The van der Waals surface area contributed by atoms with Crippen LogP contribution in [0.15, 0.2) is 42.7 Å². The van der Waals surface area contributed by atoms with Gasteiger partial charge in [0.15, 0.2) is 11.7 Å². The van der Waals surface area contributed by atoms with Gasteiger partial charge in [0.1, 0.15) is 0 Å². The maximum absolute atomic E-state index is 13.2. The van der Waals surface area contributed by atoms with Crippen molar-refractivity contribution >= 4 is 28.6 Å². The second kappa shape index (κ2) is 9.13. The fourth-order valence-electron chi connectivity index (χ4n) is 3.77. The van der Waals surface area contributed by atoms with Crippen molar-refractivity contribution in [3.05, 3.63) is 53.9 Å². The van der Waals surface area contributed by atoms with E-state index < -0.39 is 17.9 Å². The van der Waals surface area contributed by atoms with E-state index in [1.54, 1.807) is 41.2 Å². The second-order valence-electron chi connectivity index (χ2n) is 7.43. The summed E-state index contributed by atoms with van der Waals surface area (Å²) in [4.78, 5) is 29.5. The topological polar surface area (TPSA) is 118 Å². The van der Waals surface area contributed by atoms with Crippen LogP contribution >= 0.6 is 0 Å². The highest BCUT2D eigenvalue weighted by Crippen LogP contribution is 2.29. The largest absolute Gasteiger partial charge is 0.479 e. The number of nitrogens with one attached hydrogen (secondary N) is 2. The molecule has 3 aromatic rings. The first-order valence-corrected chi connectivity index (χ1v) is 10.4. The van der Waals surface area contributed by atoms with Gasteiger partial charge in [-0.2, -0.15) is 5.10 Å². The van der Waals surface area contributed by atoms with Crippen LogP contribution in [0.1, 0.15) is 41.7 Å². The molecule has 1 fully saturated rings. The molecule has 0 bridgehead atoms. The quantitative estimate of drug-likeness (QED) is 0.534. The minimum Gasteiger partial charge on any atom is -0.479 e. The normalized spacial score (nSPS) is 15.5. The van der Waals surface area contributed by atoms with E-state index in [1.807, 2.05) is 6.92 Å². The molecule has 0 spiro atoms. The average Bonchev–Trinajstić information content (AvgIpc) is 3.22. The lowest BCUT2D eigenvalue weighted by atomic mass is 10.0. The molecule has 0 aliphatic carbocycles. The molecule has 4 rings (SSSR count). The Labute approximate surface area is 179 Å². The zero-order valence-electron chi connectivity index (χ0n) is 17.2. The predicted molar refractivity (Wildman–Crippen MR) is 115 cm³/mol. The SMILES string of the molecule is CCn1ncc2c(NC3CCOCC3)c(C(=O)NC(C(=O)O)c3ccccc3)cnc21. The lowest BCUT2D eigenvalue weighted by molar-refractivity contribution is -0.139. The zero-order valence-corrected chi connectivity index (χ0v) is 17.2. The highest BCUT2D eigenvalue weighted by atomic mass is 16.5. The molecule has 1 unspecified atom stereocenters. The van der Waals surface area contributed by atoms with Crippen LogP contribution in [0.5, 0.6) is 0 Å². The summed E-state index contributed by atoms with van der Waals surface area (Å²) >= 11 is 0. The first-order valence-electron chi connectivity index (χ1n) is 10.4. The summed E-state index contributed by atoms with van der Waals surface area (Å²) in [6, 6.07) is 7.59. The summed E-state index contributed by atoms with van der Waals surface area (Å²) < 4.78 is 7.20. The van der Waals surface area contributed by atoms with Crippen LogP contribution in [0.4, 0.5) is 5.69 Å². The van der Waals surface area contributed by atoms with Crippen LogP contribution in [0.3, 0.4) is 0 Å². The predicted octanol–water partition coefficient (Wildman–Crippen LogP) is 2.60. The molecule has 3 heterocycles. The second-order valence-corrected chi connectivity index (χ2v) is 7.43. The Hall–Kier alpha value is -3.46. The summed E-state index contributed by atoms with van der Waals surface area (Å²) in [6.45, 7) is 3.92. The number of aromatic nitrogens is 3. The number of pyridine rings is 1. The number of carboxylic acids is 1. The van der Waals surface area contributed by atoms with Gasteiger partial charge in [0.05, 0.1) is 22.8 Å². The van der Waals surface area contributed by atoms with Crippen LogP contribution in [0, 0.1) is 0 Å². The van der Waals surface area contributed by atoms with Gasteiger partial charge in [-0.3, -0.25) is 4.79 Å². The van der Waals surface area contributed by atoms with Crippen LogP contribution < -0.4 is 10.6 Å². The molecular weight excluding hydrogens is 398 g/mol. The van der Waals surface area contributed by atoms with Crippen molar-refractivity contribution in [1.82, 2.24) is 20.1 Å². The standard InChI is InChI=1S/C22H25N5O4/c1-2-27-20-16(13-24-27)19(25-15-8-10-31-11-9-15)17(12-23-20)21(28)26-18(22(29)30)14-6-4-3-5-7-14/h3-7,12-13,15,18H,2,8-11H2,1H3,(H,23,25)(H,26,28)(H,29,30). The molecule has 9 nitrogen and oxygen atoms in total. The summed E-state index contributed by atoms with van der Waals surface area (Å²) in [7, 11) is 0. The van der Waals surface area contributed by atoms with Gasteiger partial charge in [0.25, 0.3) is 5.91 Å². The van der Waals surface area contributed by atoms with Gasteiger partial charge >= 0.3 is 5.97 Å². The number of anilines is 1. The third kappa shape index (κ3) is 4.36. The van der Waals surface area contributed by atoms with Gasteiger partial charge in [0.2, 0.25) is 0 Å². The number of carboxylic acid groups (broad SMARTS) is 1. The molecule has 9 heteroatoms. The molecule has 1 aliphatic heterocycles. The van der Waals surface area contributed by atoms with E-state index in [1.165, 1.54) is 6.20 Å². The number of rotatable bonds is 7. The van der Waals surface area contributed by atoms with E-state index >= 15 is 0 Å². The first kappa shape index (κ1) is 20.8. The van der Waals surface area contributed by atoms with E-state index in [0.717, 1.165) is 18.2 Å². The zero-order chi connectivity index (χ0) is 21.8. The van der Waals surface area contributed by atoms with E-state index in [2.05, 4.69) is 20.7 Å². The Bertz CT molecular complexity index is 1080. The highest BCUT2D eigenvalue weighted by Gasteiger charge is 2.26. The van der Waals surface area contributed by atoms with Gasteiger partial charge in [0, 0.05) is 32.0 Å². The number of carbonyl (C=O) groups is 2. The van der Waals surface area contributed by atoms with E-state index in [-0.39, 0.29) is 11.6 Å². The van der Waals surface area contributed by atoms with Crippen LogP contribution in [-0.4, -0.2) is 51.0 Å². The molecule has 162 valence electrons. The smallest absolute Gasteiger partial charge is 0.330 e. The third-order valence-electron chi connectivity index (χ3n) is 5.44. The summed E-state index contributed by atoms with van der Waals surface area (Å²) in [5.74, 6) is -1.64. The maximum atomic E-state index is 13.2. The van der Waals surface area contributed by atoms with E-state index in [4.69, 9.17) is 4.74 Å². The number of hydrogen-bond donors (Lipinski definition) is 3. The Morgan fingerprint density at radius 1 is 1.23 bits per heavy atom. The van der Waals surface area contributed by atoms with Gasteiger partial charge < -0.3 is 20.5 Å². The third-order valence-corrected chi connectivity index (χ3v) is 5.44. The molecular formula is C22H25N5O4. The molecule has 3 N–H and O–H groups in total. The number of benzene rings is 1. The molecule has 1 amide bonds. The molecule has 1 aliphatic rings. The summed E-state index contributed by atoms with van der Waals surface area (Å²) in [6.07, 6.45) is 4.80. The first-order chi connectivity index (χ1) is 15.1. The van der Waals surface area contributed by atoms with Crippen molar-refractivity contribution in [2.24, 2.45) is 0 Å². The molecule has 1 atom stereocenters. The summed E-state index contributed by atoms with van der Waals surface area (Å²) in [5.41, 5.74) is 2.07. The number of aryl methyl sites for hydroxylation is 1. The van der Waals surface area contributed by atoms with Crippen molar-refractivity contribution in [2.75, 3.05) is 18.5 Å².